The highest BCUT2D eigenvalue weighted by Crippen LogP contribution is 2.22. The van der Waals surface area contributed by atoms with Gasteiger partial charge in [0.05, 0.1) is 11.2 Å². The Bertz CT molecular complexity index is 470. The van der Waals surface area contributed by atoms with Crippen molar-refractivity contribution in [1.82, 2.24) is 9.97 Å². The predicted octanol–water partition coefficient (Wildman–Crippen LogP) is 3.20. The molecule has 66 valence electrons. The van der Waals surface area contributed by atoms with Gasteiger partial charge in [0, 0.05) is 8.96 Å². The van der Waals surface area contributed by atoms with Crippen molar-refractivity contribution in [3.05, 3.63) is 32.7 Å². The molecule has 1 aromatic heterocycles. The first-order valence-corrected chi connectivity index (χ1v) is 5.22. The summed E-state index contributed by atoms with van der Waals surface area (Å²) in [6, 6.07) is 5.94. The molecule has 2 rings (SSSR count). The molecule has 0 aliphatic carbocycles. The van der Waals surface area contributed by atoms with Crippen molar-refractivity contribution in [2.75, 3.05) is 0 Å². The Morgan fingerprint density at radius 3 is 2.85 bits per heavy atom. The molecule has 0 spiro atoms. The van der Waals surface area contributed by atoms with Crippen molar-refractivity contribution in [2.45, 2.75) is 6.92 Å². The summed E-state index contributed by atoms with van der Waals surface area (Å²) in [4.78, 5) is 8.26. The van der Waals surface area contributed by atoms with Crippen LogP contribution in [0.3, 0.4) is 0 Å². The first-order valence-electron chi connectivity index (χ1n) is 3.77. The third kappa shape index (κ3) is 1.62. The van der Waals surface area contributed by atoms with Crippen molar-refractivity contribution in [2.24, 2.45) is 0 Å². The van der Waals surface area contributed by atoms with Crippen LogP contribution < -0.4 is 0 Å². The Morgan fingerprint density at radius 2 is 2.08 bits per heavy atom. The molecule has 0 N–H and O–H groups in total. The maximum Gasteiger partial charge on any atom is 0.223 e. The number of aromatic nitrogens is 2. The van der Waals surface area contributed by atoms with E-state index in [9.17, 15) is 0 Å². The van der Waals surface area contributed by atoms with E-state index in [1.165, 1.54) is 0 Å². The molecule has 1 heterocycles. The molecule has 0 fully saturated rings. The molecule has 0 aliphatic rings. The second-order valence-electron chi connectivity index (χ2n) is 2.71. The summed E-state index contributed by atoms with van der Waals surface area (Å²) in [6.45, 7) is 1.94. The van der Waals surface area contributed by atoms with E-state index in [-0.39, 0.29) is 0 Å². The maximum atomic E-state index is 5.75. The van der Waals surface area contributed by atoms with Gasteiger partial charge in [-0.15, -0.1) is 0 Å². The summed E-state index contributed by atoms with van der Waals surface area (Å²) < 4.78 is 1.16. The average Bonchev–Trinajstić information content (AvgIpc) is 2.02. The van der Waals surface area contributed by atoms with Gasteiger partial charge in [0.1, 0.15) is 0 Å². The van der Waals surface area contributed by atoms with Crippen molar-refractivity contribution in [1.29, 1.82) is 0 Å². The van der Waals surface area contributed by atoms with Gasteiger partial charge in [0.25, 0.3) is 0 Å². The first kappa shape index (κ1) is 9.15. The summed E-state index contributed by atoms with van der Waals surface area (Å²) in [6.07, 6.45) is 0. The standard InChI is InChI=1S/C9H6ClIN2/c1-5-8-6(11)3-2-4-7(8)13-9(10)12-5/h2-4H,1H3. The topological polar surface area (TPSA) is 25.8 Å². The fraction of sp³-hybridized carbons (Fsp3) is 0.111. The summed E-state index contributed by atoms with van der Waals surface area (Å²) >= 11 is 8.02. The lowest BCUT2D eigenvalue weighted by Crippen LogP contribution is -1.91. The number of benzene rings is 1. The van der Waals surface area contributed by atoms with Gasteiger partial charge in [-0.2, -0.15) is 0 Å². The molecule has 1 aromatic carbocycles. The smallest absolute Gasteiger partial charge is 0.223 e. The van der Waals surface area contributed by atoms with Crippen molar-refractivity contribution < 1.29 is 0 Å². The summed E-state index contributed by atoms with van der Waals surface area (Å²) in [5.41, 5.74) is 1.84. The summed E-state index contributed by atoms with van der Waals surface area (Å²) in [5.74, 6) is 0. The first-order chi connectivity index (χ1) is 6.18. The monoisotopic (exact) mass is 304 g/mol. The molecule has 0 radical (unpaired) electrons. The van der Waals surface area contributed by atoms with E-state index >= 15 is 0 Å². The largest absolute Gasteiger partial charge is 0.223 e. The van der Waals surface area contributed by atoms with Gasteiger partial charge in [0.2, 0.25) is 5.28 Å². The van der Waals surface area contributed by atoms with Gasteiger partial charge in [-0.25, -0.2) is 9.97 Å². The summed E-state index contributed by atoms with van der Waals surface area (Å²) in [5, 5.41) is 1.40. The fourth-order valence-electron chi connectivity index (χ4n) is 1.28. The van der Waals surface area contributed by atoms with E-state index in [1.807, 2.05) is 25.1 Å². The fourth-order valence-corrected chi connectivity index (χ4v) is 2.37. The minimum atomic E-state index is 0.312. The number of hydrogen-bond donors (Lipinski definition) is 0. The van der Waals surface area contributed by atoms with Crippen LogP contribution in [0, 0.1) is 10.5 Å². The molecule has 13 heavy (non-hydrogen) atoms. The average molecular weight is 305 g/mol. The zero-order valence-corrected chi connectivity index (χ0v) is 9.80. The molecule has 0 saturated carbocycles. The molecule has 2 nitrogen and oxygen atoms in total. The second-order valence-corrected chi connectivity index (χ2v) is 4.21. The highest BCUT2D eigenvalue weighted by atomic mass is 127. The molecule has 2 aromatic rings. The Morgan fingerprint density at radius 1 is 1.31 bits per heavy atom. The third-order valence-corrected chi connectivity index (χ3v) is 2.89. The second kappa shape index (κ2) is 3.38. The van der Waals surface area contributed by atoms with E-state index in [2.05, 4.69) is 32.6 Å². The Hall–Kier alpha value is -0.420. The van der Waals surface area contributed by atoms with Gasteiger partial charge in [0.15, 0.2) is 0 Å². The van der Waals surface area contributed by atoms with Crippen LogP contribution >= 0.6 is 34.2 Å². The van der Waals surface area contributed by atoms with Crippen LogP contribution in [0.4, 0.5) is 0 Å². The quantitative estimate of drug-likeness (QED) is 0.552. The van der Waals surface area contributed by atoms with Crippen LogP contribution in [-0.4, -0.2) is 9.97 Å². The van der Waals surface area contributed by atoms with Gasteiger partial charge in [-0.3, -0.25) is 0 Å². The van der Waals surface area contributed by atoms with E-state index in [0.29, 0.717) is 5.28 Å². The lowest BCUT2D eigenvalue weighted by molar-refractivity contribution is 1.15. The van der Waals surface area contributed by atoms with E-state index in [0.717, 1.165) is 20.2 Å². The zero-order chi connectivity index (χ0) is 9.42. The van der Waals surface area contributed by atoms with Crippen molar-refractivity contribution >= 4 is 45.1 Å². The van der Waals surface area contributed by atoms with Crippen molar-refractivity contribution in [3.63, 3.8) is 0 Å². The number of rotatable bonds is 0. The molecule has 4 heteroatoms. The molecular weight excluding hydrogens is 298 g/mol. The van der Waals surface area contributed by atoms with Gasteiger partial charge >= 0.3 is 0 Å². The SMILES string of the molecule is Cc1nc(Cl)nc2cccc(I)c12. The number of nitrogens with zero attached hydrogens (tertiary/aromatic N) is 2. The molecule has 0 bridgehead atoms. The molecule has 0 saturated heterocycles. The molecular formula is C9H6ClIN2. The summed E-state index contributed by atoms with van der Waals surface area (Å²) in [7, 11) is 0. The highest BCUT2D eigenvalue weighted by molar-refractivity contribution is 14.1. The van der Waals surface area contributed by atoms with Crippen LogP contribution in [0.15, 0.2) is 18.2 Å². The van der Waals surface area contributed by atoms with Crippen LogP contribution in [0.25, 0.3) is 10.9 Å². The number of aryl methyl sites for hydroxylation is 1. The third-order valence-electron chi connectivity index (χ3n) is 1.83. The van der Waals surface area contributed by atoms with Crippen LogP contribution in [-0.2, 0) is 0 Å². The Kier molecular flexibility index (Phi) is 2.38. The predicted molar refractivity (Wildman–Crippen MR) is 62.0 cm³/mol. The Balaban J connectivity index is 2.94. The normalized spacial score (nSPS) is 10.7. The zero-order valence-electron chi connectivity index (χ0n) is 6.88. The maximum absolute atomic E-state index is 5.75. The molecule has 0 aliphatic heterocycles. The van der Waals surface area contributed by atoms with Gasteiger partial charge in [-0.05, 0) is 53.2 Å². The van der Waals surface area contributed by atoms with Gasteiger partial charge in [-0.1, -0.05) is 6.07 Å². The van der Waals surface area contributed by atoms with Gasteiger partial charge < -0.3 is 0 Å². The van der Waals surface area contributed by atoms with E-state index in [4.69, 9.17) is 11.6 Å². The lowest BCUT2D eigenvalue weighted by Gasteiger charge is -2.02. The number of halogens is 2. The Labute approximate surface area is 94.5 Å². The van der Waals surface area contributed by atoms with Crippen molar-refractivity contribution in [3.8, 4) is 0 Å². The van der Waals surface area contributed by atoms with Crippen LogP contribution in [0.5, 0.6) is 0 Å². The molecule has 0 unspecified atom stereocenters. The number of fused-ring (bicyclic) bond motifs is 1. The highest BCUT2D eigenvalue weighted by Gasteiger charge is 2.04. The number of hydrogen-bond acceptors (Lipinski definition) is 2. The van der Waals surface area contributed by atoms with Crippen LogP contribution in [0.1, 0.15) is 5.69 Å². The van der Waals surface area contributed by atoms with E-state index < -0.39 is 0 Å². The van der Waals surface area contributed by atoms with E-state index in [1.54, 1.807) is 0 Å². The molecule has 0 atom stereocenters. The minimum absolute atomic E-state index is 0.312. The van der Waals surface area contributed by atoms with Crippen LogP contribution in [0.2, 0.25) is 5.28 Å². The minimum Gasteiger partial charge on any atom is -0.223 e. The molecule has 0 amide bonds. The lowest BCUT2D eigenvalue weighted by atomic mass is 10.2.